The van der Waals surface area contributed by atoms with E-state index >= 15 is 0 Å². The molecule has 1 aliphatic heterocycles. The molecule has 98 valence electrons. The molecule has 1 saturated heterocycles. The molecular weight excluding hydrogens is 232 g/mol. The van der Waals surface area contributed by atoms with Gasteiger partial charge in [0.05, 0.1) is 11.9 Å². The fraction of sp³-hybridized carbons (Fsp3) is 0.500. The van der Waals surface area contributed by atoms with Gasteiger partial charge >= 0.3 is 5.97 Å². The van der Waals surface area contributed by atoms with Crippen LogP contribution in [0.5, 0.6) is 0 Å². The lowest BCUT2D eigenvalue weighted by molar-refractivity contribution is 0.0690. The van der Waals surface area contributed by atoms with Gasteiger partial charge in [0.25, 0.3) is 0 Å². The summed E-state index contributed by atoms with van der Waals surface area (Å²) >= 11 is 0. The van der Waals surface area contributed by atoms with Crippen LogP contribution in [0.15, 0.2) is 18.3 Å². The lowest BCUT2D eigenvalue weighted by Gasteiger charge is -2.27. The molecule has 0 aromatic carbocycles. The van der Waals surface area contributed by atoms with Gasteiger partial charge in [0.1, 0.15) is 5.69 Å². The van der Waals surface area contributed by atoms with Crippen molar-refractivity contribution in [2.24, 2.45) is 0 Å². The summed E-state index contributed by atoms with van der Waals surface area (Å²) in [6.07, 6.45) is 1.56. The average molecular weight is 250 g/mol. The quantitative estimate of drug-likeness (QED) is 0.688. The molecule has 0 saturated carbocycles. The van der Waals surface area contributed by atoms with Crippen molar-refractivity contribution in [1.82, 2.24) is 15.2 Å². The second-order valence-electron chi connectivity index (χ2n) is 4.26. The van der Waals surface area contributed by atoms with E-state index in [1.54, 1.807) is 12.3 Å². The Hall–Kier alpha value is -1.66. The second-order valence-corrected chi connectivity index (χ2v) is 4.26. The minimum atomic E-state index is -0.998. The molecule has 0 amide bonds. The number of anilines is 1. The smallest absolute Gasteiger partial charge is 0.354 e. The van der Waals surface area contributed by atoms with E-state index in [1.807, 2.05) is 0 Å². The van der Waals surface area contributed by atoms with Crippen LogP contribution < -0.4 is 10.6 Å². The number of nitrogens with zero attached hydrogens (tertiary/aromatic N) is 2. The third-order valence-electron chi connectivity index (χ3n) is 2.95. The van der Waals surface area contributed by atoms with E-state index in [9.17, 15) is 4.79 Å². The Balaban J connectivity index is 1.74. The molecule has 1 aromatic rings. The molecule has 3 N–H and O–H groups in total. The Morgan fingerprint density at radius 2 is 2.22 bits per heavy atom. The summed E-state index contributed by atoms with van der Waals surface area (Å²) in [5.74, 6) is -0.998. The van der Waals surface area contributed by atoms with Crippen molar-refractivity contribution in [2.45, 2.75) is 0 Å². The maximum Gasteiger partial charge on any atom is 0.354 e. The van der Waals surface area contributed by atoms with Crippen molar-refractivity contribution >= 4 is 11.7 Å². The Kier molecular flexibility index (Phi) is 4.49. The van der Waals surface area contributed by atoms with Crippen molar-refractivity contribution < 1.29 is 9.90 Å². The van der Waals surface area contributed by atoms with E-state index in [2.05, 4.69) is 20.5 Å². The minimum Gasteiger partial charge on any atom is -0.477 e. The van der Waals surface area contributed by atoms with E-state index in [0.717, 1.165) is 45.0 Å². The number of hydrogen-bond donors (Lipinski definition) is 3. The fourth-order valence-corrected chi connectivity index (χ4v) is 1.92. The van der Waals surface area contributed by atoms with Crippen LogP contribution in [0.4, 0.5) is 5.69 Å². The SMILES string of the molecule is O=C(O)c1ccc(NCCN2CCNCC2)cn1. The molecular formula is C12H18N4O2. The van der Waals surface area contributed by atoms with Gasteiger partial charge in [-0.3, -0.25) is 4.90 Å². The molecule has 1 fully saturated rings. The van der Waals surface area contributed by atoms with Gasteiger partial charge in [0.15, 0.2) is 0 Å². The van der Waals surface area contributed by atoms with Gasteiger partial charge in [0.2, 0.25) is 0 Å². The van der Waals surface area contributed by atoms with Crippen LogP contribution in [-0.4, -0.2) is 60.2 Å². The van der Waals surface area contributed by atoms with Crippen LogP contribution in [0.1, 0.15) is 10.5 Å². The number of pyridine rings is 1. The number of hydrogen-bond acceptors (Lipinski definition) is 5. The first-order chi connectivity index (χ1) is 8.75. The van der Waals surface area contributed by atoms with Gasteiger partial charge in [-0.1, -0.05) is 0 Å². The molecule has 6 nitrogen and oxygen atoms in total. The number of aromatic nitrogens is 1. The third-order valence-corrected chi connectivity index (χ3v) is 2.95. The van der Waals surface area contributed by atoms with E-state index in [-0.39, 0.29) is 5.69 Å². The van der Waals surface area contributed by atoms with Crippen molar-refractivity contribution in [2.75, 3.05) is 44.6 Å². The normalized spacial score (nSPS) is 16.4. The monoisotopic (exact) mass is 250 g/mol. The number of carbonyl (C=O) groups is 1. The lowest BCUT2D eigenvalue weighted by Crippen LogP contribution is -2.45. The third kappa shape index (κ3) is 3.68. The molecule has 0 bridgehead atoms. The summed E-state index contributed by atoms with van der Waals surface area (Å²) in [6.45, 7) is 6.09. The molecule has 2 heterocycles. The van der Waals surface area contributed by atoms with Crippen molar-refractivity contribution in [3.05, 3.63) is 24.0 Å². The first kappa shape index (κ1) is 12.8. The van der Waals surface area contributed by atoms with Crippen LogP contribution in [-0.2, 0) is 0 Å². The topological polar surface area (TPSA) is 77.5 Å². The first-order valence-electron chi connectivity index (χ1n) is 6.12. The fourth-order valence-electron chi connectivity index (χ4n) is 1.92. The Morgan fingerprint density at radius 3 is 2.83 bits per heavy atom. The number of nitrogens with one attached hydrogen (secondary N) is 2. The predicted molar refractivity (Wildman–Crippen MR) is 69.0 cm³/mol. The Labute approximate surface area is 106 Å². The predicted octanol–water partition coefficient (Wildman–Crippen LogP) is 0.0969. The minimum absolute atomic E-state index is 0.0719. The number of carboxylic acids is 1. The van der Waals surface area contributed by atoms with Gasteiger partial charge in [-0.2, -0.15) is 0 Å². The summed E-state index contributed by atoms with van der Waals surface area (Å²) in [7, 11) is 0. The van der Waals surface area contributed by atoms with Gasteiger partial charge in [0, 0.05) is 39.3 Å². The van der Waals surface area contributed by atoms with Crippen molar-refractivity contribution in [1.29, 1.82) is 0 Å². The summed E-state index contributed by atoms with van der Waals surface area (Å²) < 4.78 is 0. The van der Waals surface area contributed by atoms with E-state index in [0.29, 0.717) is 0 Å². The highest BCUT2D eigenvalue weighted by Gasteiger charge is 2.08. The van der Waals surface area contributed by atoms with Crippen molar-refractivity contribution in [3.63, 3.8) is 0 Å². The number of carboxylic acid groups (broad SMARTS) is 1. The molecule has 0 atom stereocenters. The maximum absolute atomic E-state index is 10.6. The van der Waals surface area contributed by atoms with E-state index < -0.39 is 5.97 Å². The lowest BCUT2D eigenvalue weighted by atomic mass is 10.3. The summed E-state index contributed by atoms with van der Waals surface area (Å²) in [5.41, 5.74) is 0.929. The zero-order valence-electron chi connectivity index (χ0n) is 10.2. The van der Waals surface area contributed by atoms with E-state index in [1.165, 1.54) is 6.07 Å². The summed E-state index contributed by atoms with van der Waals surface area (Å²) in [6, 6.07) is 3.25. The molecule has 1 aromatic heterocycles. The van der Waals surface area contributed by atoms with Gasteiger partial charge in [-0.15, -0.1) is 0 Å². The summed E-state index contributed by atoms with van der Waals surface area (Å²) in [5, 5.41) is 15.3. The number of rotatable bonds is 5. The second kappa shape index (κ2) is 6.32. The molecule has 0 unspecified atom stereocenters. The Bertz CT molecular complexity index is 388. The van der Waals surface area contributed by atoms with Crippen molar-refractivity contribution in [3.8, 4) is 0 Å². The first-order valence-corrected chi connectivity index (χ1v) is 6.12. The standard InChI is InChI=1S/C12H18N4O2/c17-12(18)11-2-1-10(9-15-11)14-5-8-16-6-3-13-4-7-16/h1-2,9,13-14H,3-8H2,(H,17,18). The Morgan fingerprint density at radius 1 is 1.44 bits per heavy atom. The highest BCUT2D eigenvalue weighted by molar-refractivity contribution is 5.85. The largest absolute Gasteiger partial charge is 0.477 e. The van der Waals surface area contributed by atoms with Gasteiger partial charge in [-0.25, -0.2) is 9.78 Å². The summed E-state index contributed by atoms with van der Waals surface area (Å²) in [4.78, 5) is 16.9. The van der Waals surface area contributed by atoms with Crippen LogP contribution in [0, 0.1) is 0 Å². The maximum atomic E-state index is 10.6. The van der Waals surface area contributed by atoms with Crippen LogP contribution in [0.2, 0.25) is 0 Å². The van der Waals surface area contributed by atoms with E-state index in [4.69, 9.17) is 5.11 Å². The molecule has 0 radical (unpaired) electrons. The average Bonchev–Trinajstić information content (AvgIpc) is 2.40. The highest BCUT2D eigenvalue weighted by atomic mass is 16.4. The highest BCUT2D eigenvalue weighted by Crippen LogP contribution is 2.05. The van der Waals surface area contributed by atoms with Crippen LogP contribution in [0.3, 0.4) is 0 Å². The zero-order chi connectivity index (χ0) is 12.8. The molecule has 2 rings (SSSR count). The molecule has 1 aliphatic rings. The molecule has 6 heteroatoms. The molecule has 0 aliphatic carbocycles. The number of piperazine rings is 1. The van der Waals surface area contributed by atoms with Gasteiger partial charge in [-0.05, 0) is 12.1 Å². The van der Waals surface area contributed by atoms with Crippen LogP contribution in [0.25, 0.3) is 0 Å². The number of aromatic carboxylic acids is 1. The molecule has 0 spiro atoms. The van der Waals surface area contributed by atoms with Gasteiger partial charge < -0.3 is 15.7 Å². The zero-order valence-corrected chi connectivity index (χ0v) is 10.2. The van der Waals surface area contributed by atoms with Crippen LogP contribution >= 0.6 is 0 Å². The molecule has 18 heavy (non-hydrogen) atoms.